The summed E-state index contributed by atoms with van der Waals surface area (Å²) in [6, 6.07) is 14.3. The van der Waals surface area contributed by atoms with Gasteiger partial charge in [-0.15, -0.1) is 6.42 Å². The van der Waals surface area contributed by atoms with Gasteiger partial charge < -0.3 is 10.3 Å². The summed E-state index contributed by atoms with van der Waals surface area (Å²) >= 11 is 5.94. The summed E-state index contributed by atoms with van der Waals surface area (Å²) in [5.41, 5.74) is 2.71. The molecule has 0 atom stereocenters. The maximum absolute atomic E-state index is 12.2. The first kappa shape index (κ1) is 13.3. The highest BCUT2D eigenvalue weighted by molar-refractivity contribution is 6.31. The van der Waals surface area contributed by atoms with E-state index in [4.69, 9.17) is 18.0 Å². The molecule has 0 saturated carbocycles. The summed E-state index contributed by atoms with van der Waals surface area (Å²) in [4.78, 5) is 15.3. The molecule has 0 saturated heterocycles. The molecule has 21 heavy (non-hydrogen) atoms. The van der Waals surface area contributed by atoms with Crippen molar-refractivity contribution in [3.05, 3.63) is 64.8 Å². The lowest BCUT2D eigenvalue weighted by atomic mass is 10.2. The van der Waals surface area contributed by atoms with Crippen LogP contribution in [-0.2, 0) is 0 Å². The number of carbonyl (C=O) groups excluding carboxylic acids is 1. The van der Waals surface area contributed by atoms with Crippen molar-refractivity contribution in [2.75, 3.05) is 5.32 Å². The fraction of sp³-hybridized carbons (Fsp3) is 0. The second kappa shape index (κ2) is 5.35. The smallest absolute Gasteiger partial charge is 0.272 e. The van der Waals surface area contributed by atoms with Gasteiger partial charge in [0.05, 0.1) is 0 Å². The van der Waals surface area contributed by atoms with Gasteiger partial charge in [0.15, 0.2) is 0 Å². The number of rotatable bonds is 2. The van der Waals surface area contributed by atoms with Crippen molar-refractivity contribution in [2.24, 2.45) is 0 Å². The van der Waals surface area contributed by atoms with Crippen LogP contribution in [0.25, 0.3) is 10.9 Å². The predicted molar refractivity (Wildman–Crippen MR) is 85.6 cm³/mol. The van der Waals surface area contributed by atoms with Gasteiger partial charge in [0.1, 0.15) is 5.69 Å². The Balaban J connectivity index is 1.88. The van der Waals surface area contributed by atoms with Crippen LogP contribution in [0.4, 0.5) is 5.69 Å². The van der Waals surface area contributed by atoms with Gasteiger partial charge in [-0.25, -0.2) is 0 Å². The van der Waals surface area contributed by atoms with Crippen LogP contribution >= 0.6 is 11.6 Å². The molecule has 0 unspecified atom stereocenters. The molecule has 1 aromatic heterocycles. The zero-order valence-corrected chi connectivity index (χ0v) is 11.7. The number of H-pyrrole nitrogens is 1. The standard InChI is InChI=1S/C17H11ClN2O/c1-2-11-4-3-5-14(8-11)19-17(21)16-10-12-9-13(18)6-7-15(12)20-16/h1,3-10,20H,(H,19,21). The van der Waals surface area contributed by atoms with E-state index < -0.39 is 0 Å². The molecule has 0 radical (unpaired) electrons. The number of hydrogen-bond donors (Lipinski definition) is 2. The molecule has 0 aliphatic carbocycles. The second-order valence-corrected chi connectivity index (χ2v) is 5.03. The molecule has 1 heterocycles. The maximum atomic E-state index is 12.2. The van der Waals surface area contributed by atoms with Gasteiger partial charge in [0.25, 0.3) is 5.91 Å². The number of fused-ring (bicyclic) bond motifs is 1. The molecule has 0 bridgehead atoms. The number of halogens is 1. The van der Waals surface area contributed by atoms with Crippen molar-refractivity contribution in [1.29, 1.82) is 0 Å². The van der Waals surface area contributed by atoms with Crippen LogP contribution in [0.2, 0.25) is 5.02 Å². The molecule has 3 aromatic rings. The van der Waals surface area contributed by atoms with Crippen molar-refractivity contribution in [1.82, 2.24) is 4.98 Å². The van der Waals surface area contributed by atoms with Gasteiger partial charge in [-0.3, -0.25) is 4.79 Å². The van der Waals surface area contributed by atoms with Gasteiger partial charge in [-0.1, -0.05) is 23.6 Å². The molecule has 3 nitrogen and oxygen atoms in total. The minimum absolute atomic E-state index is 0.225. The summed E-state index contributed by atoms with van der Waals surface area (Å²) in [5, 5.41) is 4.34. The van der Waals surface area contributed by atoms with E-state index in [-0.39, 0.29) is 5.91 Å². The van der Waals surface area contributed by atoms with Crippen LogP contribution in [-0.4, -0.2) is 10.9 Å². The van der Waals surface area contributed by atoms with E-state index in [1.54, 1.807) is 36.4 Å². The average Bonchev–Trinajstić information content (AvgIpc) is 2.90. The zero-order chi connectivity index (χ0) is 14.8. The summed E-state index contributed by atoms with van der Waals surface area (Å²) in [5.74, 6) is 2.31. The van der Waals surface area contributed by atoms with Crippen LogP contribution in [0.1, 0.15) is 16.1 Å². The normalized spacial score (nSPS) is 10.3. The Labute approximate surface area is 126 Å². The van der Waals surface area contributed by atoms with Crippen LogP contribution < -0.4 is 5.32 Å². The lowest BCUT2D eigenvalue weighted by Gasteiger charge is -2.03. The first-order chi connectivity index (χ1) is 10.2. The number of amides is 1. The van der Waals surface area contributed by atoms with Gasteiger partial charge >= 0.3 is 0 Å². The van der Waals surface area contributed by atoms with Gasteiger partial charge in [-0.2, -0.15) is 0 Å². The molecule has 0 aliphatic heterocycles. The predicted octanol–water partition coefficient (Wildman–Crippen LogP) is 4.05. The van der Waals surface area contributed by atoms with E-state index in [0.717, 1.165) is 16.5 Å². The minimum Gasteiger partial charge on any atom is -0.351 e. The highest BCUT2D eigenvalue weighted by Crippen LogP contribution is 2.21. The highest BCUT2D eigenvalue weighted by Gasteiger charge is 2.10. The molecular formula is C17H11ClN2O. The topological polar surface area (TPSA) is 44.9 Å². The molecule has 1 amide bonds. The Hall–Kier alpha value is -2.70. The Morgan fingerprint density at radius 1 is 1.19 bits per heavy atom. The fourth-order valence-corrected chi connectivity index (χ4v) is 2.29. The Bertz CT molecular complexity index is 874. The minimum atomic E-state index is -0.225. The van der Waals surface area contributed by atoms with Gasteiger partial charge in [-0.05, 0) is 42.5 Å². The third-order valence-corrected chi connectivity index (χ3v) is 3.35. The number of terminal acetylenes is 1. The first-order valence-electron chi connectivity index (χ1n) is 6.32. The molecule has 2 N–H and O–H groups in total. The quantitative estimate of drug-likeness (QED) is 0.688. The summed E-state index contributed by atoms with van der Waals surface area (Å²) < 4.78 is 0. The molecule has 3 rings (SSSR count). The number of benzene rings is 2. The molecule has 0 fully saturated rings. The molecule has 0 spiro atoms. The van der Waals surface area contributed by atoms with Crippen molar-refractivity contribution in [3.8, 4) is 12.3 Å². The molecular weight excluding hydrogens is 284 g/mol. The van der Waals surface area contributed by atoms with Crippen molar-refractivity contribution >= 4 is 34.1 Å². The van der Waals surface area contributed by atoms with Crippen molar-refractivity contribution in [2.45, 2.75) is 0 Å². The third kappa shape index (κ3) is 2.76. The second-order valence-electron chi connectivity index (χ2n) is 4.59. The number of anilines is 1. The molecule has 0 aliphatic rings. The lowest BCUT2D eigenvalue weighted by Crippen LogP contribution is -2.12. The van der Waals surface area contributed by atoms with Crippen LogP contribution in [0.3, 0.4) is 0 Å². The fourth-order valence-electron chi connectivity index (χ4n) is 2.11. The summed E-state index contributed by atoms with van der Waals surface area (Å²) in [6.45, 7) is 0. The Kier molecular flexibility index (Phi) is 3.39. The number of aromatic nitrogens is 1. The van der Waals surface area contributed by atoms with E-state index in [1.807, 2.05) is 12.1 Å². The third-order valence-electron chi connectivity index (χ3n) is 3.11. The highest BCUT2D eigenvalue weighted by atomic mass is 35.5. The summed E-state index contributed by atoms with van der Waals surface area (Å²) in [6.07, 6.45) is 5.34. The number of nitrogens with one attached hydrogen (secondary N) is 2. The maximum Gasteiger partial charge on any atom is 0.272 e. The van der Waals surface area contributed by atoms with E-state index in [2.05, 4.69) is 16.2 Å². The van der Waals surface area contributed by atoms with Gasteiger partial charge in [0, 0.05) is 27.2 Å². The molecule has 2 aromatic carbocycles. The van der Waals surface area contributed by atoms with Crippen LogP contribution in [0, 0.1) is 12.3 Å². The van der Waals surface area contributed by atoms with E-state index >= 15 is 0 Å². The van der Waals surface area contributed by atoms with E-state index in [9.17, 15) is 4.79 Å². The van der Waals surface area contributed by atoms with Crippen molar-refractivity contribution in [3.63, 3.8) is 0 Å². The monoisotopic (exact) mass is 294 g/mol. The van der Waals surface area contributed by atoms with E-state index in [0.29, 0.717) is 16.4 Å². The summed E-state index contributed by atoms with van der Waals surface area (Å²) in [7, 11) is 0. The largest absolute Gasteiger partial charge is 0.351 e. The lowest BCUT2D eigenvalue weighted by molar-refractivity contribution is 0.102. The van der Waals surface area contributed by atoms with Crippen molar-refractivity contribution < 1.29 is 4.79 Å². The number of carbonyl (C=O) groups is 1. The number of aromatic amines is 1. The van der Waals surface area contributed by atoms with E-state index in [1.165, 1.54) is 0 Å². The zero-order valence-electron chi connectivity index (χ0n) is 11.0. The van der Waals surface area contributed by atoms with Crippen LogP contribution in [0.15, 0.2) is 48.5 Å². The van der Waals surface area contributed by atoms with Crippen LogP contribution in [0.5, 0.6) is 0 Å². The Morgan fingerprint density at radius 2 is 2.05 bits per heavy atom. The SMILES string of the molecule is C#Cc1cccc(NC(=O)c2cc3cc(Cl)ccc3[nH]2)c1. The molecule has 4 heteroatoms. The van der Waals surface area contributed by atoms with Gasteiger partial charge in [0.2, 0.25) is 0 Å². The Morgan fingerprint density at radius 3 is 2.86 bits per heavy atom. The number of hydrogen-bond acceptors (Lipinski definition) is 1. The first-order valence-corrected chi connectivity index (χ1v) is 6.70. The average molecular weight is 295 g/mol. The molecule has 102 valence electrons.